The van der Waals surface area contributed by atoms with Crippen molar-refractivity contribution in [1.29, 1.82) is 0 Å². The molecule has 1 aliphatic rings. The molecule has 1 nitrogen and oxygen atoms in total. The fourth-order valence-electron chi connectivity index (χ4n) is 5.37. The lowest BCUT2D eigenvalue weighted by molar-refractivity contribution is 0.557. The third kappa shape index (κ3) is 4.05. The zero-order chi connectivity index (χ0) is 26.0. The molecule has 3 aromatic heterocycles. The first-order valence-electron chi connectivity index (χ1n) is 12.8. The van der Waals surface area contributed by atoms with Crippen LogP contribution in [0.4, 0.5) is 0 Å². The lowest BCUT2D eigenvalue weighted by Crippen LogP contribution is -2.41. The first kappa shape index (κ1) is 26.0. The SMILES string of the molecule is C=CC1c2cc(C(C)C)sc2C(CC)c2cc(/C(C)=c3\c(=C)n(C)c(=C)\c3=C(\C)C(C)(C)C)sc21. The zero-order valence-corrected chi connectivity index (χ0v) is 24.7. The molecule has 3 heteroatoms. The normalized spacial score (nSPS) is 19.5. The van der Waals surface area contributed by atoms with Crippen LogP contribution in [0.3, 0.4) is 0 Å². The molecule has 0 N–H and O–H groups in total. The van der Waals surface area contributed by atoms with Gasteiger partial charge in [0.25, 0.3) is 0 Å². The molecule has 0 bridgehead atoms. The van der Waals surface area contributed by atoms with Gasteiger partial charge in [-0.2, -0.15) is 0 Å². The standard InChI is InChI=1S/C32H41NS2/c1-13-22-24-15-26(17(3)4)34-30(24)23(14-2)25-16-27(35-31(22)25)18(5)28-20(7)33(12)21(8)29(28)19(6)32(9,10)11/h13,15-17,22-23H,1,7-8,14H2,2-6,9-12H3/b28-18+,29-19+. The van der Waals surface area contributed by atoms with Gasteiger partial charge in [0.2, 0.25) is 0 Å². The van der Waals surface area contributed by atoms with Gasteiger partial charge in [-0.1, -0.05) is 66.3 Å². The number of aromatic nitrogens is 1. The summed E-state index contributed by atoms with van der Waals surface area (Å²) in [5.74, 6) is 1.30. The first-order valence-corrected chi connectivity index (χ1v) is 14.4. The number of hydrogen-bond acceptors (Lipinski definition) is 2. The zero-order valence-electron chi connectivity index (χ0n) is 23.1. The molecule has 3 aromatic rings. The Morgan fingerprint density at radius 3 is 2.20 bits per heavy atom. The second-order valence-corrected chi connectivity index (χ2v) is 13.6. The van der Waals surface area contributed by atoms with E-state index in [-0.39, 0.29) is 11.3 Å². The Kier molecular flexibility index (Phi) is 6.74. The smallest absolute Gasteiger partial charge is 0.0418 e. The molecule has 0 saturated carbocycles. The van der Waals surface area contributed by atoms with E-state index < -0.39 is 0 Å². The highest BCUT2D eigenvalue weighted by molar-refractivity contribution is 7.14. The van der Waals surface area contributed by atoms with E-state index in [4.69, 9.17) is 0 Å². The Hall–Kier alpha value is -2.10. The Balaban J connectivity index is 2.04. The Morgan fingerprint density at radius 1 is 1.03 bits per heavy atom. The number of nitrogens with zero attached hydrogens (tertiary/aromatic N) is 1. The summed E-state index contributed by atoms with van der Waals surface area (Å²) in [7, 11) is 2.09. The molecule has 0 aliphatic heterocycles. The molecule has 3 heterocycles. The Labute approximate surface area is 219 Å². The van der Waals surface area contributed by atoms with E-state index in [1.165, 1.54) is 47.3 Å². The monoisotopic (exact) mass is 503 g/mol. The number of allylic oxidation sites excluding steroid dienone is 1. The molecule has 2 unspecified atom stereocenters. The molecule has 1 aliphatic carbocycles. The fraction of sp³-hybridized carbons (Fsp3) is 0.438. The summed E-state index contributed by atoms with van der Waals surface area (Å²) in [6, 6.07) is 4.93. The van der Waals surface area contributed by atoms with Gasteiger partial charge in [0.05, 0.1) is 0 Å². The summed E-state index contributed by atoms with van der Waals surface area (Å²) in [6.45, 7) is 31.5. The van der Waals surface area contributed by atoms with Crippen LogP contribution in [0.15, 0.2) is 24.8 Å². The van der Waals surface area contributed by atoms with E-state index >= 15 is 0 Å². The number of hydrogen-bond donors (Lipinski definition) is 0. The van der Waals surface area contributed by atoms with Gasteiger partial charge in [0.1, 0.15) is 0 Å². The van der Waals surface area contributed by atoms with Gasteiger partial charge in [-0.25, -0.2) is 0 Å². The van der Waals surface area contributed by atoms with Crippen LogP contribution in [0.25, 0.3) is 24.3 Å². The van der Waals surface area contributed by atoms with Gasteiger partial charge >= 0.3 is 0 Å². The second kappa shape index (κ2) is 9.09. The highest BCUT2D eigenvalue weighted by atomic mass is 32.1. The summed E-state index contributed by atoms with van der Waals surface area (Å²) in [5.41, 5.74) is 5.71. The average molecular weight is 504 g/mol. The summed E-state index contributed by atoms with van der Waals surface area (Å²) >= 11 is 3.97. The van der Waals surface area contributed by atoms with Crippen molar-refractivity contribution < 1.29 is 0 Å². The molecule has 186 valence electrons. The van der Waals surface area contributed by atoms with Crippen molar-refractivity contribution in [2.45, 2.75) is 79.6 Å². The second-order valence-electron chi connectivity index (χ2n) is 11.4. The minimum Gasteiger partial charge on any atom is -0.345 e. The Bertz CT molecular complexity index is 1530. The van der Waals surface area contributed by atoms with Crippen LogP contribution < -0.4 is 21.1 Å². The lowest BCUT2D eigenvalue weighted by Gasteiger charge is -2.26. The molecule has 0 aromatic carbocycles. The van der Waals surface area contributed by atoms with E-state index in [1.54, 1.807) is 4.88 Å². The molecule has 0 amide bonds. The van der Waals surface area contributed by atoms with E-state index in [1.807, 2.05) is 22.7 Å². The predicted molar refractivity (Wildman–Crippen MR) is 159 cm³/mol. The lowest BCUT2D eigenvalue weighted by atomic mass is 9.80. The average Bonchev–Trinajstić information content (AvgIpc) is 3.47. The third-order valence-electron chi connectivity index (χ3n) is 8.01. The van der Waals surface area contributed by atoms with Gasteiger partial charge in [0.15, 0.2) is 0 Å². The molecule has 0 radical (unpaired) electrons. The van der Waals surface area contributed by atoms with Gasteiger partial charge in [-0.15, -0.1) is 29.3 Å². The molecule has 2 atom stereocenters. The third-order valence-corrected chi connectivity index (χ3v) is 10.9. The van der Waals surface area contributed by atoms with Crippen molar-refractivity contribution in [3.8, 4) is 0 Å². The quantitative estimate of drug-likeness (QED) is 0.349. The van der Waals surface area contributed by atoms with Crippen LogP contribution in [0.5, 0.6) is 0 Å². The first-order chi connectivity index (χ1) is 16.3. The molecule has 4 rings (SSSR count). The van der Waals surface area contributed by atoms with Gasteiger partial charge in [-0.3, -0.25) is 0 Å². The minimum atomic E-state index is 0.0631. The van der Waals surface area contributed by atoms with Crippen molar-refractivity contribution in [2.75, 3.05) is 0 Å². The number of fused-ring (bicyclic) bond motifs is 2. The summed E-state index contributed by atoms with van der Waals surface area (Å²) in [6.07, 6.45) is 3.27. The summed E-state index contributed by atoms with van der Waals surface area (Å²) in [5, 5.41) is 4.62. The van der Waals surface area contributed by atoms with Crippen LogP contribution >= 0.6 is 22.7 Å². The van der Waals surface area contributed by atoms with Crippen molar-refractivity contribution in [3.63, 3.8) is 0 Å². The van der Waals surface area contributed by atoms with Crippen LogP contribution in [-0.2, 0) is 7.05 Å². The minimum absolute atomic E-state index is 0.0631. The van der Waals surface area contributed by atoms with E-state index in [0.717, 1.165) is 17.1 Å². The van der Waals surface area contributed by atoms with Crippen LogP contribution in [0.2, 0.25) is 0 Å². The van der Waals surface area contributed by atoms with E-state index in [9.17, 15) is 0 Å². The van der Waals surface area contributed by atoms with Crippen LogP contribution in [-0.4, -0.2) is 4.57 Å². The molecule has 0 saturated heterocycles. The van der Waals surface area contributed by atoms with Crippen LogP contribution in [0, 0.1) is 5.41 Å². The number of thiophene rings is 2. The van der Waals surface area contributed by atoms with Gasteiger partial charge in [-0.05, 0) is 60.4 Å². The van der Waals surface area contributed by atoms with E-state index in [0.29, 0.717) is 11.8 Å². The van der Waals surface area contributed by atoms with Crippen molar-refractivity contribution >= 4 is 47.0 Å². The molecule has 0 spiro atoms. The largest absolute Gasteiger partial charge is 0.345 e. The Morgan fingerprint density at radius 2 is 1.66 bits per heavy atom. The molecular formula is C32H41NS2. The molecule has 35 heavy (non-hydrogen) atoms. The summed E-state index contributed by atoms with van der Waals surface area (Å²) < 4.78 is 2.16. The van der Waals surface area contributed by atoms with Gasteiger partial charge < -0.3 is 4.57 Å². The number of rotatable bonds is 4. The van der Waals surface area contributed by atoms with Gasteiger partial charge in [0, 0.05) is 59.5 Å². The molecule has 0 fully saturated rings. The maximum Gasteiger partial charge on any atom is 0.0418 e. The van der Waals surface area contributed by atoms with Crippen LogP contribution in [0.1, 0.15) is 110 Å². The molecular weight excluding hydrogens is 462 g/mol. The summed E-state index contributed by atoms with van der Waals surface area (Å²) in [4.78, 5) is 5.85. The highest BCUT2D eigenvalue weighted by Crippen LogP contribution is 2.52. The topological polar surface area (TPSA) is 4.93 Å². The maximum atomic E-state index is 4.49. The maximum absolute atomic E-state index is 4.49. The predicted octanol–water partition coefficient (Wildman–Crippen LogP) is 6.70. The van der Waals surface area contributed by atoms with Crippen molar-refractivity contribution in [1.82, 2.24) is 4.57 Å². The van der Waals surface area contributed by atoms with Crippen molar-refractivity contribution in [3.05, 3.63) is 76.6 Å². The van der Waals surface area contributed by atoms with E-state index in [2.05, 4.69) is 105 Å². The highest BCUT2D eigenvalue weighted by Gasteiger charge is 2.34. The fourth-order valence-corrected chi connectivity index (χ4v) is 8.14. The van der Waals surface area contributed by atoms with Crippen molar-refractivity contribution in [2.24, 2.45) is 12.5 Å².